The van der Waals surface area contributed by atoms with Gasteiger partial charge in [0.1, 0.15) is 11.5 Å². The van der Waals surface area contributed by atoms with Crippen LogP contribution in [0.2, 0.25) is 0 Å². The number of non-ortho nitro benzene ring substituents is 1. The molecule has 0 spiro atoms. The average molecular weight is 431 g/mol. The maximum absolute atomic E-state index is 13.0. The Morgan fingerprint density at radius 3 is 2.47 bits per heavy atom. The molecule has 1 atom stereocenters. The molecule has 1 aliphatic heterocycles. The molecule has 1 aliphatic rings. The largest absolute Gasteiger partial charge is 0.508 e. The third-order valence-electron chi connectivity index (χ3n) is 5.15. The lowest BCUT2D eigenvalue weighted by Crippen LogP contribution is -2.29. The molecule has 9 nitrogen and oxygen atoms in total. The molecular formula is C23H17N3O6. The number of Topliss-reactive ketones (excluding diaryl/α,β-unsaturated/α-hetero) is 1. The number of pyridine rings is 1. The summed E-state index contributed by atoms with van der Waals surface area (Å²) < 4.78 is 0. The number of rotatable bonds is 5. The highest BCUT2D eigenvalue weighted by Crippen LogP contribution is 2.41. The van der Waals surface area contributed by atoms with Crippen LogP contribution in [-0.2, 0) is 16.1 Å². The van der Waals surface area contributed by atoms with Gasteiger partial charge in [-0.2, -0.15) is 0 Å². The summed E-state index contributed by atoms with van der Waals surface area (Å²) in [7, 11) is 0. The minimum Gasteiger partial charge on any atom is -0.508 e. The Hall–Kier alpha value is -4.53. The summed E-state index contributed by atoms with van der Waals surface area (Å²) in [5.74, 6) is -2.23. The minimum absolute atomic E-state index is 0.0514. The number of aromatic hydroxyl groups is 1. The second-order valence-corrected chi connectivity index (χ2v) is 7.19. The molecule has 2 heterocycles. The number of nitro groups is 1. The molecule has 1 unspecified atom stereocenters. The Bertz CT molecular complexity index is 1240. The number of aliphatic hydroxyl groups is 1. The lowest BCUT2D eigenvalue weighted by molar-refractivity contribution is -0.384. The predicted octanol–water partition coefficient (Wildman–Crippen LogP) is 3.32. The van der Waals surface area contributed by atoms with Crippen LogP contribution >= 0.6 is 0 Å². The van der Waals surface area contributed by atoms with Crippen molar-refractivity contribution in [3.63, 3.8) is 0 Å². The summed E-state index contributed by atoms with van der Waals surface area (Å²) >= 11 is 0. The molecule has 32 heavy (non-hydrogen) atoms. The van der Waals surface area contributed by atoms with Crippen LogP contribution in [0.4, 0.5) is 5.69 Å². The monoisotopic (exact) mass is 431 g/mol. The highest BCUT2D eigenvalue weighted by molar-refractivity contribution is 6.46. The Kier molecular flexibility index (Phi) is 5.38. The second kappa shape index (κ2) is 8.31. The molecular weight excluding hydrogens is 414 g/mol. The number of hydrogen-bond donors (Lipinski definition) is 2. The predicted molar refractivity (Wildman–Crippen MR) is 113 cm³/mol. The van der Waals surface area contributed by atoms with Crippen LogP contribution in [0.5, 0.6) is 5.75 Å². The Labute approximate surface area is 182 Å². The van der Waals surface area contributed by atoms with Gasteiger partial charge in [0.2, 0.25) is 0 Å². The lowest BCUT2D eigenvalue weighted by atomic mass is 9.95. The van der Waals surface area contributed by atoms with Gasteiger partial charge < -0.3 is 15.1 Å². The molecule has 3 aromatic rings. The smallest absolute Gasteiger partial charge is 0.295 e. The van der Waals surface area contributed by atoms with E-state index in [4.69, 9.17) is 0 Å². The number of carbonyl (C=O) groups is 2. The van der Waals surface area contributed by atoms with E-state index in [9.17, 15) is 29.9 Å². The van der Waals surface area contributed by atoms with Crippen LogP contribution in [0, 0.1) is 10.1 Å². The highest BCUT2D eigenvalue weighted by atomic mass is 16.6. The summed E-state index contributed by atoms with van der Waals surface area (Å²) in [6.45, 7) is 0.0514. The lowest BCUT2D eigenvalue weighted by Gasteiger charge is -2.25. The molecule has 2 aromatic carbocycles. The molecule has 1 saturated heterocycles. The van der Waals surface area contributed by atoms with Crippen molar-refractivity contribution in [2.75, 3.05) is 0 Å². The van der Waals surface area contributed by atoms with Crippen molar-refractivity contribution in [2.24, 2.45) is 0 Å². The maximum atomic E-state index is 13.0. The van der Waals surface area contributed by atoms with Gasteiger partial charge in [0.15, 0.2) is 0 Å². The van der Waals surface area contributed by atoms with Gasteiger partial charge >= 0.3 is 0 Å². The molecule has 4 rings (SSSR count). The fraction of sp³-hybridized carbons (Fsp3) is 0.0870. The number of hydrogen-bond acceptors (Lipinski definition) is 7. The van der Waals surface area contributed by atoms with Crippen molar-refractivity contribution in [3.05, 3.63) is 105 Å². The molecule has 160 valence electrons. The average Bonchev–Trinajstić information content (AvgIpc) is 3.04. The van der Waals surface area contributed by atoms with Gasteiger partial charge in [-0.15, -0.1) is 0 Å². The number of phenolic OH excluding ortho intramolecular Hbond substituents is 1. The van der Waals surface area contributed by atoms with Crippen molar-refractivity contribution >= 4 is 23.1 Å². The fourth-order valence-corrected chi connectivity index (χ4v) is 3.67. The van der Waals surface area contributed by atoms with E-state index in [-0.39, 0.29) is 29.1 Å². The van der Waals surface area contributed by atoms with Crippen molar-refractivity contribution in [1.29, 1.82) is 0 Å². The van der Waals surface area contributed by atoms with E-state index in [1.807, 2.05) is 0 Å². The van der Waals surface area contributed by atoms with Gasteiger partial charge in [-0.25, -0.2) is 0 Å². The number of ketones is 1. The topological polar surface area (TPSA) is 134 Å². The number of aliphatic hydroxyl groups excluding tert-OH is 1. The van der Waals surface area contributed by atoms with Crippen molar-refractivity contribution in [1.82, 2.24) is 9.88 Å². The number of nitrogens with zero attached hydrogens (tertiary/aromatic N) is 3. The van der Waals surface area contributed by atoms with E-state index in [1.165, 1.54) is 41.3 Å². The number of nitro benzene ring substituents is 1. The molecule has 0 bridgehead atoms. The van der Waals surface area contributed by atoms with Gasteiger partial charge in [0, 0.05) is 36.6 Å². The molecule has 9 heteroatoms. The Morgan fingerprint density at radius 1 is 1.09 bits per heavy atom. The molecule has 1 aromatic heterocycles. The van der Waals surface area contributed by atoms with E-state index >= 15 is 0 Å². The first kappa shape index (κ1) is 20.7. The first-order chi connectivity index (χ1) is 15.4. The maximum Gasteiger partial charge on any atom is 0.295 e. The number of carbonyl (C=O) groups excluding carboxylic acids is 2. The minimum atomic E-state index is -0.975. The Morgan fingerprint density at radius 2 is 1.84 bits per heavy atom. The zero-order chi connectivity index (χ0) is 22.8. The first-order valence-electron chi connectivity index (χ1n) is 9.58. The highest BCUT2D eigenvalue weighted by Gasteiger charge is 2.46. The quantitative estimate of drug-likeness (QED) is 0.208. The van der Waals surface area contributed by atoms with Gasteiger partial charge in [-0.3, -0.25) is 24.7 Å². The third-order valence-corrected chi connectivity index (χ3v) is 5.15. The summed E-state index contributed by atoms with van der Waals surface area (Å²) in [5.41, 5.74) is 0.910. The van der Waals surface area contributed by atoms with E-state index < -0.39 is 28.4 Å². The van der Waals surface area contributed by atoms with Crippen LogP contribution < -0.4 is 0 Å². The van der Waals surface area contributed by atoms with Gasteiger partial charge in [-0.05, 0) is 41.5 Å². The second-order valence-electron chi connectivity index (χ2n) is 7.19. The number of benzene rings is 2. The van der Waals surface area contributed by atoms with Crippen molar-refractivity contribution in [3.8, 4) is 5.75 Å². The van der Waals surface area contributed by atoms with E-state index in [1.54, 1.807) is 36.7 Å². The van der Waals surface area contributed by atoms with Crippen LogP contribution in [-0.4, -0.2) is 36.7 Å². The zero-order valence-corrected chi connectivity index (χ0v) is 16.6. The molecule has 1 fully saturated rings. The molecule has 0 saturated carbocycles. The van der Waals surface area contributed by atoms with Gasteiger partial charge in [0.25, 0.3) is 17.4 Å². The van der Waals surface area contributed by atoms with E-state index in [0.717, 1.165) is 0 Å². The molecule has 1 amide bonds. The van der Waals surface area contributed by atoms with Crippen LogP contribution in [0.15, 0.2) is 78.6 Å². The summed E-state index contributed by atoms with van der Waals surface area (Å²) in [4.78, 5) is 41.6. The number of likely N-dealkylation sites (tertiary alicyclic amines) is 1. The van der Waals surface area contributed by atoms with Crippen LogP contribution in [0.25, 0.3) is 5.76 Å². The molecule has 2 N–H and O–H groups in total. The van der Waals surface area contributed by atoms with E-state index in [2.05, 4.69) is 4.98 Å². The van der Waals surface area contributed by atoms with Crippen LogP contribution in [0.1, 0.15) is 22.7 Å². The van der Waals surface area contributed by atoms with Crippen LogP contribution in [0.3, 0.4) is 0 Å². The Balaban J connectivity index is 1.85. The fourth-order valence-electron chi connectivity index (χ4n) is 3.67. The first-order valence-corrected chi connectivity index (χ1v) is 9.58. The van der Waals surface area contributed by atoms with Crippen molar-refractivity contribution < 1.29 is 24.7 Å². The normalized spacial score (nSPS) is 17.5. The van der Waals surface area contributed by atoms with Gasteiger partial charge in [0.05, 0.1) is 16.5 Å². The summed E-state index contributed by atoms with van der Waals surface area (Å²) in [5, 5.41) is 31.8. The molecule has 0 radical (unpaired) electrons. The standard InChI is InChI=1S/C23H17N3O6/c27-18-5-1-4-16(11-18)20-19(21(28)15-6-8-17(9-7-15)26(31)32)22(29)23(30)25(20)13-14-3-2-10-24-12-14/h1-12,20,27-28H,13H2/b21-19-. The third kappa shape index (κ3) is 3.79. The zero-order valence-electron chi connectivity index (χ0n) is 16.6. The molecule has 0 aliphatic carbocycles. The summed E-state index contributed by atoms with van der Waals surface area (Å²) in [6.07, 6.45) is 3.15. The summed E-state index contributed by atoms with van der Waals surface area (Å²) in [6, 6.07) is 13.6. The van der Waals surface area contributed by atoms with Gasteiger partial charge in [-0.1, -0.05) is 18.2 Å². The number of aromatic nitrogens is 1. The number of amides is 1. The van der Waals surface area contributed by atoms with E-state index in [0.29, 0.717) is 11.1 Å². The van der Waals surface area contributed by atoms with Crippen molar-refractivity contribution in [2.45, 2.75) is 12.6 Å². The SMILES string of the molecule is O=C1C(=O)N(Cc2cccnc2)C(c2cccc(O)c2)/C1=C(/O)c1ccc([N+](=O)[O-])cc1. The number of phenols is 1.